The number of carbonyl (C=O) groups excluding carboxylic acids is 1. The van der Waals surface area contributed by atoms with Gasteiger partial charge >= 0.3 is 0 Å². The molecule has 1 N–H and O–H groups in total. The first-order chi connectivity index (χ1) is 18.5. The normalized spacial score (nSPS) is 22.8. The fraction of sp³-hybridized carbons (Fsp3) is 0.429. The Morgan fingerprint density at radius 2 is 2.16 bits per heavy atom. The highest BCUT2D eigenvalue weighted by molar-refractivity contribution is 5.96. The Hall–Kier alpha value is -4.15. The second-order valence-electron chi connectivity index (χ2n) is 9.34. The van der Waals surface area contributed by atoms with Crippen LogP contribution in [-0.4, -0.2) is 53.2 Å². The Balaban J connectivity index is 1.46. The van der Waals surface area contributed by atoms with Crippen LogP contribution in [0, 0.1) is 24.3 Å². The van der Waals surface area contributed by atoms with E-state index in [-0.39, 0.29) is 18.7 Å². The monoisotopic (exact) mass is 517 g/mol. The third-order valence-corrected chi connectivity index (χ3v) is 7.01. The lowest BCUT2D eigenvalue weighted by Gasteiger charge is -2.22. The smallest absolute Gasteiger partial charge is 0.255 e. The second kappa shape index (κ2) is 11.1. The lowest BCUT2D eigenvalue weighted by Crippen LogP contribution is -2.34. The summed E-state index contributed by atoms with van der Waals surface area (Å²) in [6.45, 7) is 10.2. The van der Waals surface area contributed by atoms with Crippen LogP contribution in [0.3, 0.4) is 0 Å². The summed E-state index contributed by atoms with van der Waals surface area (Å²) in [7, 11) is 1.49. The van der Waals surface area contributed by atoms with E-state index < -0.39 is 24.0 Å². The summed E-state index contributed by atoms with van der Waals surface area (Å²) in [5.41, 5.74) is 1.66. The van der Waals surface area contributed by atoms with Crippen molar-refractivity contribution in [1.29, 1.82) is 0 Å². The van der Waals surface area contributed by atoms with Gasteiger partial charge in [0.1, 0.15) is 18.6 Å². The molecule has 9 nitrogen and oxygen atoms in total. The van der Waals surface area contributed by atoms with Crippen LogP contribution in [0.15, 0.2) is 30.7 Å². The molecule has 4 heterocycles. The number of alkyl halides is 1. The average Bonchev–Trinajstić information content (AvgIpc) is 3.54. The van der Waals surface area contributed by atoms with Gasteiger partial charge in [0.05, 0.1) is 37.0 Å². The number of carbonyl (C=O) groups is 1. The number of methoxy groups -OCH3 is 1. The van der Waals surface area contributed by atoms with Gasteiger partial charge in [0.15, 0.2) is 6.17 Å². The van der Waals surface area contributed by atoms with Gasteiger partial charge in [-0.3, -0.25) is 4.79 Å². The van der Waals surface area contributed by atoms with E-state index in [1.807, 2.05) is 13.1 Å². The molecule has 1 aromatic carbocycles. The van der Waals surface area contributed by atoms with E-state index in [9.17, 15) is 9.18 Å². The van der Waals surface area contributed by atoms with Crippen molar-refractivity contribution in [1.82, 2.24) is 20.1 Å². The number of fused-ring (bicyclic) bond motifs is 1. The summed E-state index contributed by atoms with van der Waals surface area (Å²) in [4.78, 5) is 19.9. The lowest BCUT2D eigenvalue weighted by atomic mass is 9.97. The number of pyridine rings is 1. The molecule has 4 atom stereocenters. The first-order valence-electron chi connectivity index (χ1n) is 12.7. The quantitative estimate of drug-likeness (QED) is 0.387. The minimum atomic E-state index is -1.55. The molecule has 1 amide bonds. The van der Waals surface area contributed by atoms with Crippen molar-refractivity contribution in [2.24, 2.45) is 5.92 Å². The number of benzene rings is 1. The molecule has 2 saturated heterocycles. The maximum atomic E-state index is 14.2. The highest BCUT2D eigenvalue weighted by atomic mass is 19.1. The molecule has 0 saturated carbocycles. The van der Waals surface area contributed by atoms with E-state index in [0.717, 1.165) is 31.4 Å². The molecule has 5 rings (SSSR count). The fourth-order valence-electron chi connectivity index (χ4n) is 4.92. The number of nitrogens with one attached hydrogen (secondary N) is 1. The van der Waals surface area contributed by atoms with Gasteiger partial charge in [-0.05, 0) is 43.2 Å². The fourth-order valence-corrected chi connectivity index (χ4v) is 4.92. The van der Waals surface area contributed by atoms with Crippen molar-refractivity contribution < 1.29 is 23.4 Å². The Morgan fingerprint density at radius 1 is 1.29 bits per heavy atom. The Kier molecular flexibility index (Phi) is 7.43. The van der Waals surface area contributed by atoms with Crippen molar-refractivity contribution in [3.8, 4) is 23.5 Å². The first-order valence-corrected chi connectivity index (χ1v) is 12.7. The molecular weight excluding hydrogens is 489 g/mol. The van der Waals surface area contributed by atoms with Crippen molar-refractivity contribution in [3.05, 3.63) is 53.3 Å². The number of rotatable bonds is 6. The zero-order chi connectivity index (χ0) is 26.6. The molecular formula is C28H28FN5O4. The largest absolute Gasteiger partial charge is 0.508 e. The second-order valence-corrected chi connectivity index (χ2v) is 9.34. The van der Waals surface area contributed by atoms with Crippen molar-refractivity contribution >= 4 is 22.4 Å². The highest BCUT2D eigenvalue weighted by Gasteiger charge is 2.41. The van der Waals surface area contributed by atoms with Crippen LogP contribution >= 0.6 is 0 Å². The summed E-state index contributed by atoms with van der Waals surface area (Å²) in [6.07, 6.45) is 7.11. The van der Waals surface area contributed by atoms with E-state index in [1.165, 1.54) is 7.11 Å². The molecule has 0 bridgehead atoms. The van der Waals surface area contributed by atoms with Gasteiger partial charge in [0.25, 0.3) is 5.91 Å². The van der Waals surface area contributed by atoms with Gasteiger partial charge in [0, 0.05) is 30.3 Å². The van der Waals surface area contributed by atoms with Crippen LogP contribution in [0.25, 0.3) is 15.6 Å². The molecule has 2 fully saturated rings. The van der Waals surface area contributed by atoms with Crippen molar-refractivity contribution in [2.75, 3.05) is 20.3 Å². The molecule has 3 aromatic rings. The van der Waals surface area contributed by atoms with Crippen LogP contribution in [-0.2, 0) is 9.53 Å². The Morgan fingerprint density at radius 3 is 2.89 bits per heavy atom. The molecule has 10 heteroatoms. The van der Waals surface area contributed by atoms with E-state index in [1.54, 1.807) is 29.2 Å². The summed E-state index contributed by atoms with van der Waals surface area (Å²) < 4.78 is 33.2. The summed E-state index contributed by atoms with van der Waals surface area (Å²) >= 11 is 0. The minimum Gasteiger partial charge on any atom is -0.508 e. The number of hydrogen-bond donors (Lipinski definition) is 1. The zero-order valence-corrected chi connectivity index (χ0v) is 21.2. The van der Waals surface area contributed by atoms with Crippen LogP contribution in [0.5, 0.6) is 11.6 Å². The third-order valence-electron chi connectivity index (χ3n) is 7.01. The number of amides is 1. The van der Waals surface area contributed by atoms with Crippen LogP contribution in [0.4, 0.5) is 10.1 Å². The van der Waals surface area contributed by atoms with Crippen LogP contribution in [0.2, 0.25) is 0 Å². The predicted octanol–water partition coefficient (Wildman–Crippen LogP) is 4.33. The molecule has 0 aliphatic carbocycles. The Labute approximate surface area is 220 Å². The SMILES string of the molecule is [C-]#[N+]c1cc2c(C#Cc3cnn(C4CCCCO4)c3)cnc(OC[C@H]3NC(=O)[C@@H](F)[C@H]3CC)c2cc1OC. The molecule has 0 radical (unpaired) electrons. The number of nitrogens with zero attached hydrogens (tertiary/aromatic N) is 4. The van der Waals surface area contributed by atoms with Crippen molar-refractivity contribution in [3.63, 3.8) is 0 Å². The topological polar surface area (TPSA) is 91.9 Å². The molecule has 0 spiro atoms. The van der Waals surface area contributed by atoms with Gasteiger partial charge < -0.3 is 19.5 Å². The van der Waals surface area contributed by atoms with Gasteiger partial charge in [-0.1, -0.05) is 18.8 Å². The molecule has 1 unspecified atom stereocenters. The molecule has 2 aliphatic heterocycles. The molecule has 196 valence electrons. The van der Waals surface area contributed by atoms with E-state index >= 15 is 0 Å². The van der Waals surface area contributed by atoms with E-state index in [4.69, 9.17) is 20.8 Å². The van der Waals surface area contributed by atoms with Gasteiger partial charge in [-0.25, -0.2) is 18.9 Å². The summed E-state index contributed by atoms with van der Waals surface area (Å²) in [5.74, 6) is 5.86. The van der Waals surface area contributed by atoms with Crippen LogP contribution in [0.1, 0.15) is 50.0 Å². The van der Waals surface area contributed by atoms with Gasteiger partial charge in [0.2, 0.25) is 11.6 Å². The molecule has 38 heavy (non-hydrogen) atoms. The van der Waals surface area contributed by atoms with Gasteiger partial charge in [-0.2, -0.15) is 5.10 Å². The maximum Gasteiger partial charge on any atom is 0.255 e. The molecule has 2 aromatic heterocycles. The molecule has 2 aliphatic rings. The number of halogens is 1. The number of aromatic nitrogens is 3. The Bertz CT molecular complexity index is 1450. The standard InChI is InChI=1S/C28H28FN5O4/c1-4-19-23(33-27(35)26(19)29)16-38-28-21-12-24(36-3)22(30-2)11-20(21)18(14-31-28)9-8-17-13-32-34(15-17)25-7-5-6-10-37-25/h11-15,19,23,25-26H,4-7,10,16H2,1,3H3,(H,33,35)/t19-,23+,25?,26-/m0/s1. The third kappa shape index (κ3) is 5.00. The average molecular weight is 518 g/mol. The number of ether oxygens (including phenoxy) is 3. The maximum absolute atomic E-state index is 14.2. The van der Waals surface area contributed by atoms with E-state index in [0.29, 0.717) is 34.2 Å². The van der Waals surface area contributed by atoms with Crippen LogP contribution < -0.4 is 14.8 Å². The van der Waals surface area contributed by atoms with Crippen molar-refractivity contribution in [2.45, 2.75) is 51.0 Å². The first kappa shape index (κ1) is 25.5. The number of hydrogen-bond acceptors (Lipinski definition) is 6. The van der Waals surface area contributed by atoms with Gasteiger partial charge in [-0.15, -0.1) is 0 Å². The predicted molar refractivity (Wildman–Crippen MR) is 138 cm³/mol. The minimum absolute atomic E-state index is 0.0626. The van der Waals surface area contributed by atoms with E-state index in [2.05, 4.69) is 32.1 Å². The lowest BCUT2D eigenvalue weighted by molar-refractivity contribution is -0.123. The summed E-state index contributed by atoms with van der Waals surface area (Å²) in [5, 5.41) is 8.34. The zero-order valence-electron chi connectivity index (χ0n) is 21.2. The highest BCUT2D eigenvalue weighted by Crippen LogP contribution is 2.37. The summed E-state index contributed by atoms with van der Waals surface area (Å²) in [6, 6.07) is 2.92.